The number of ketones is 1. The summed E-state index contributed by atoms with van der Waals surface area (Å²) in [6, 6.07) is 24.1. The number of fused-ring (bicyclic) bond motifs is 7. The second-order valence-electron chi connectivity index (χ2n) is 9.65. The molecular weight excluding hydrogens is 426 g/mol. The molecule has 34 heavy (non-hydrogen) atoms. The molecule has 0 bridgehead atoms. The summed E-state index contributed by atoms with van der Waals surface area (Å²) in [6.45, 7) is 0.655. The van der Waals surface area contributed by atoms with Gasteiger partial charge in [-0.05, 0) is 37.1 Å². The molecular formula is C28H23N3O3. The standard InChI is InChI=1S/C28H23N3O3/c32-23(17-9-2-1-3-10-17)24-27(18-11-4-6-13-20(18)29-25(27)33)22-15-8-16-31(22)28(24)19-12-5-7-14-21(19)30-26(28)34/h1-7,9-14,22,24H,8,15-16H2,(H,29,33)(H,30,34). The predicted molar refractivity (Wildman–Crippen MR) is 127 cm³/mol. The Bertz CT molecular complexity index is 1310. The Morgan fingerprint density at radius 3 is 2.18 bits per heavy atom. The first-order valence-corrected chi connectivity index (χ1v) is 11.8. The number of nitrogens with zero attached hydrogens (tertiary/aromatic N) is 1. The molecule has 6 heteroatoms. The van der Waals surface area contributed by atoms with Crippen molar-refractivity contribution in [3.63, 3.8) is 0 Å². The van der Waals surface area contributed by atoms with Crippen LogP contribution in [0.15, 0.2) is 78.9 Å². The number of Topliss-reactive ketones (excluding diaryl/α,β-unsaturated/α-hetero) is 1. The number of para-hydroxylation sites is 2. The zero-order chi connectivity index (χ0) is 23.1. The molecule has 4 heterocycles. The van der Waals surface area contributed by atoms with Crippen LogP contribution in [0.1, 0.15) is 34.3 Å². The van der Waals surface area contributed by atoms with Crippen molar-refractivity contribution in [3.05, 3.63) is 95.6 Å². The summed E-state index contributed by atoms with van der Waals surface area (Å²) in [5, 5.41) is 6.13. The smallest absolute Gasteiger partial charge is 0.250 e. The topological polar surface area (TPSA) is 78.5 Å². The maximum Gasteiger partial charge on any atom is 0.250 e. The second kappa shape index (κ2) is 6.64. The van der Waals surface area contributed by atoms with Gasteiger partial charge in [0.05, 0.1) is 5.92 Å². The van der Waals surface area contributed by atoms with Crippen LogP contribution in [0.3, 0.4) is 0 Å². The molecule has 4 aliphatic rings. The summed E-state index contributed by atoms with van der Waals surface area (Å²) in [5.74, 6) is -1.48. The van der Waals surface area contributed by atoms with Crippen molar-refractivity contribution in [2.75, 3.05) is 17.2 Å². The van der Waals surface area contributed by atoms with Gasteiger partial charge in [0, 0.05) is 28.5 Å². The largest absolute Gasteiger partial charge is 0.325 e. The van der Waals surface area contributed by atoms with E-state index in [9.17, 15) is 14.4 Å². The fourth-order valence-electron chi connectivity index (χ4n) is 7.27. The van der Waals surface area contributed by atoms with E-state index < -0.39 is 16.9 Å². The van der Waals surface area contributed by atoms with Gasteiger partial charge in [-0.3, -0.25) is 19.3 Å². The van der Waals surface area contributed by atoms with Crippen LogP contribution < -0.4 is 10.6 Å². The Hall–Kier alpha value is -3.77. The lowest BCUT2D eigenvalue weighted by Gasteiger charge is -2.38. The van der Waals surface area contributed by atoms with Gasteiger partial charge in [-0.1, -0.05) is 66.7 Å². The van der Waals surface area contributed by atoms with E-state index in [1.807, 2.05) is 66.7 Å². The minimum Gasteiger partial charge on any atom is -0.325 e. The predicted octanol–water partition coefficient (Wildman–Crippen LogP) is 3.70. The first-order chi connectivity index (χ1) is 16.6. The Morgan fingerprint density at radius 1 is 0.794 bits per heavy atom. The number of amides is 2. The van der Waals surface area contributed by atoms with Crippen molar-refractivity contribution >= 4 is 29.0 Å². The van der Waals surface area contributed by atoms with E-state index >= 15 is 0 Å². The molecule has 3 aromatic rings. The fourth-order valence-corrected chi connectivity index (χ4v) is 7.27. The molecule has 4 atom stereocenters. The Balaban J connectivity index is 1.59. The van der Waals surface area contributed by atoms with E-state index in [4.69, 9.17) is 0 Å². The van der Waals surface area contributed by atoms with Crippen LogP contribution in [0, 0.1) is 5.92 Å². The maximum absolute atomic E-state index is 14.5. The van der Waals surface area contributed by atoms with E-state index in [1.54, 1.807) is 12.1 Å². The minimum atomic E-state index is -1.25. The summed E-state index contributed by atoms with van der Waals surface area (Å²) in [4.78, 5) is 44.8. The quantitative estimate of drug-likeness (QED) is 0.585. The van der Waals surface area contributed by atoms with Crippen LogP contribution >= 0.6 is 0 Å². The molecule has 2 spiro atoms. The van der Waals surface area contributed by atoms with Gasteiger partial charge in [-0.25, -0.2) is 0 Å². The minimum absolute atomic E-state index is 0.172. The molecule has 4 aliphatic heterocycles. The average Bonchev–Trinajstić information content (AvgIpc) is 3.58. The van der Waals surface area contributed by atoms with Gasteiger partial charge in [0.25, 0.3) is 0 Å². The lowest BCUT2D eigenvalue weighted by atomic mass is 9.60. The number of anilines is 2. The third-order valence-electron chi connectivity index (χ3n) is 8.35. The molecule has 2 fully saturated rings. The number of carbonyl (C=O) groups is 3. The normalized spacial score (nSPS) is 30.8. The van der Waals surface area contributed by atoms with E-state index in [2.05, 4.69) is 15.5 Å². The van der Waals surface area contributed by atoms with Crippen LogP contribution in [0.25, 0.3) is 0 Å². The first-order valence-electron chi connectivity index (χ1n) is 11.8. The highest BCUT2D eigenvalue weighted by molar-refractivity contribution is 6.18. The van der Waals surface area contributed by atoms with Crippen LogP contribution in [-0.4, -0.2) is 35.1 Å². The summed E-state index contributed by atoms with van der Waals surface area (Å²) in [5.41, 5.74) is 1.16. The van der Waals surface area contributed by atoms with E-state index in [1.165, 1.54) is 0 Å². The highest BCUT2D eigenvalue weighted by atomic mass is 16.2. The van der Waals surface area contributed by atoms with Gasteiger partial charge in [-0.2, -0.15) is 0 Å². The molecule has 0 aromatic heterocycles. The number of hydrogen-bond donors (Lipinski definition) is 2. The van der Waals surface area contributed by atoms with Crippen molar-refractivity contribution in [3.8, 4) is 0 Å². The van der Waals surface area contributed by atoms with Crippen molar-refractivity contribution in [2.45, 2.75) is 29.8 Å². The summed E-state index contributed by atoms with van der Waals surface area (Å²) >= 11 is 0. The second-order valence-corrected chi connectivity index (χ2v) is 9.65. The van der Waals surface area contributed by atoms with Gasteiger partial charge in [-0.15, -0.1) is 0 Å². The van der Waals surface area contributed by atoms with E-state index in [0.717, 1.165) is 29.7 Å². The summed E-state index contributed by atoms with van der Waals surface area (Å²) in [6.07, 6.45) is 1.61. The fraction of sp³-hybridized carbons (Fsp3) is 0.250. The van der Waals surface area contributed by atoms with Crippen LogP contribution in [-0.2, 0) is 20.5 Å². The number of rotatable bonds is 2. The van der Waals surface area contributed by atoms with Gasteiger partial charge < -0.3 is 10.6 Å². The number of benzene rings is 3. The van der Waals surface area contributed by atoms with Crippen molar-refractivity contribution in [1.29, 1.82) is 0 Å². The molecule has 0 radical (unpaired) electrons. The molecule has 2 amide bonds. The third-order valence-corrected chi connectivity index (χ3v) is 8.35. The van der Waals surface area contributed by atoms with Crippen LogP contribution in [0.5, 0.6) is 0 Å². The summed E-state index contributed by atoms with van der Waals surface area (Å²) in [7, 11) is 0. The molecule has 2 N–H and O–H groups in total. The first kappa shape index (κ1) is 19.7. The highest BCUT2D eigenvalue weighted by Gasteiger charge is 2.78. The number of hydrogen-bond acceptors (Lipinski definition) is 4. The molecule has 6 nitrogen and oxygen atoms in total. The van der Waals surface area contributed by atoms with Crippen molar-refractivity contribution in [1.82, 2.24) is 4.90 Å². The van der Waals surface area contributed by atoms with Crippen molar-refractivity contribution < 1.29 is 14.4 Å². The molecule has 3 aromatic carbocycles. The third kappa shape index (κ3) is 2.08. The van der Waals surface area contributed by atoms with Gasteiger partial charge in [0.1, 0.15) is 11.0 Å². The maximum atomic E-state index is 14.5. The van der Waals surface area contributed by atoms with Gasteiger partial charge in [0.15, 0.2) is 5.78 Å². The zero-order valence-electron chi connectivity index (χ0n) is 18.5. The Labute approximate surface area is 197 Å². The Morgan fingerprint density at radius 2 is 1.41 bits per heavy atom. The molecule has 0 aliphatic carbocycles. The van der Waals surface area contributed by atoms with E-state index in [-0.39, 0.29) is 23.6 Å². The number of carbonyl (C=O) groups excluding carboxylic acids is 3. The van der Waals surface area contributed by atoms with Crippen molar-refractivity contribution in [2.24, 2.45) is 5.92 Å². The zero-order valence-corrected chi connectivity index (χ0v) is 18.5. The van der Waals surface area contributed by atoms with E-state index in [0.29, 0.717) is 17.8 Å². The van der Waals surface area contributed by atoms with Gasteiger partial charge in [0.2, 0.25) is 11.8 Å². The molecule has 2 saturated heterocycles. The lowest BCUT2D eigenvalue weighted by molar-refractivity contribution is -0.128. The summed E-state index contributed by atoms with van der Waals surface area (Å²) < 4.78 is 0. The molecule has 4 unspecified atom stereocenters. The molecule has 7 rings (SSSR count). The van der Waals surface area contributed by atoms with Crippen LogP contribution in [0.2, 0.25) is 0 Å². The Kier molecular flexibility index (Phi) is 3.84. The average molecular weight is 450 g/mol. The SMILES string of the molecule is O=C(c1ccccc1)C1C2(C(=O)Nc3ccccc32)C2CCCN2C12C(=O)Nc1ccccc12. The molecule has 168 valence electrons. The lowest BCUT2D eigenvalue weighted by Crippen LogP contribution is -2.55. The number of nitrogens with one attached hydrogen (secondary N) is 2. The highest BCUT2D eigenvalue weighted by Crippen LogP contribution is 2.66. The monoisotopic (exact) mass is 449 g/mol. The molecule has 0 saturated carbocycles. The van der Waals surface area contributed by atoms with Gasteiger partial charge >= 0.3 is 0 Å². The van der Waals surface area contributed by atoms with Crippen LogP contribution in [0.4, 0.5) is 11.4 Å².